The van der Waals surface area contributed by atoms with Crippen LogP contribution in [0.2, 0.25) is 5.02 Å². The highest BCUT2D eigenvalue weighted by Crippen LogP contribution is 2.28. The molecule has 0 saturated heterocycles. The largest absolute Gasteiger partial charge is 0.313 e. The number of hydrogen-bond acceptors (Lipinski definition) is 5. The number of tetrazole rings is 1. The Labute approximate surface area is 121 Å². The number of rotatable bonds is 6. The van der Waals surface area contributed by atoms with Crippen LogP contribution < -0.4 is 5.32 Å². The molecule has 102 valence electrons. The fourth-order valence-electron chi connectivity index (χ4n) is 1.55. The summed E-state index contributed by atoms with van der Waals surface area (Å²) in [6, 6.07) is 6.02. The molecule has 1 aromatic carbocycles. The number of nitrogens with zero attached hydrogens (tertiary/aromatic N) is 4. The minimum absolute atomic E-state index is 0.743. The SMILES string of the molecule is CCCNCc1ccc(Sc2nnnn2C)cc1Cl. The molecule has 5 nitrogen and oxygen atoms in total. The standard InChI is InChI=1S/C12H16ClN5S/c1-3-6-14-8-9-4-5-10(7-11(9)13)19-12-15-16-17-18(12)2/h4-5,7,14H,3,6,8H2,1-2H3. The molecule has 0 amide bonds. The molecular weight excluding hydrogens is 282 g/mol. The Bertz CT molecular complexity index is 543. The van der Waals surface area contributed by atoms with Crippen molar-refractivity contribution in [2.24, 2.45) is 7.05 Å². The Morgan fingerprint density at radius 2 is 2.26 bits per heavy atom. The molecule has 19 heavy (non-hydrogen) atoms. The monoisotopic (exact) mass is 297 g/mol. The Morgan fingerprint density at radius 1 is 1.42 bits per heavy atom. The number of hydrogen-bond donors (Lipinski definition) is 1. The van der Waals surface area contributed by atoms with E-state index in [1.807, 2.05) is 25.2 Å². The van der Waals surface area contributed by atoms with Crippen LogP contribution in [0.3, 0.4) is 0 Å². The molecule has 0 bridgehead atoms. The molecule has 1 aromatic heterocycles. The maximum Gasteiger partial charge on any atom is 0.213 e. The van der Waals surface area contributed by atoms with Gasteiger partial charge in [0, 0.05) is 23.5 Å². The highest BCUT2D eigenvalue weighted by atomic mass is 35.5. The lowest BCUT2D eigenvalue weighted by molar-refractivity contribution is 0.664. The summed E-state index contributed by atoms with van der Waals surface area (Å²) in [5.74, 6) is 0. The van der Waals surface area contributed by atoms with E-state index in [1.165, 1.54) is 11.8 Å². The lowest BCUT2D eigenvalue weighted by Crippen LogP contribution is -2.13. The summed E-state index contributed by atoms with van der Waals surface area (Å²) in [5, 5.41) is 16.2. The van der Waals surface area contributed by atoms with Gasteiger partial charge in [0.05, 0.1) is 0 Å². The van der Waals surface area contributed by atoms with E-state index >= 15 is 0 Å². The third-order valence-electron chi connectivity index (χ3n) is 2.56. The molecule has 0 saturated carbocycles. The fraction of sp³-hybridized carbons (Fsp3) is 0.417. The summed E-state index contributed by atoms with van der Waals surface area (Å²) in [7, 11) is 1.81. The molecule has 0 fully saturated rings. The maximum atomic E-state index is 6.28. The van der Waals surface area contributed by atoms with Crippen LogP contribution in [0, 0.1) is 0 Å². The van der Waals surface area contributed by atoms with Crippen molar-refractivity contribution in [1.82, 2.24) is 25.5 Å². The smallest absolute Gasteiger partial charge is 0.213 e. The quantitative estimate of drug-likeness (QED) is 0.830. The van der Waals surface area contributed by atoms with E-state index in [1.54, 1.807) is 4.68 Å². The van der Waals surface area contributed by atoms with Crippen molar-refractivity contribution < 1.29 is 0 Å². The van der Waals surface area contributed by atoms with Gasteiger partial charge >= 0.3 is 0 Å². The van der Waals surface area contributed by atoms with E-state index in [4.69, 9.17) is 11.6 Å². The molecule has 1 heterocycles. The van der Waals surface area contributed by atoms with Crippen molar-refractivity contribution in [1.29, 1.82) is 0 Å². The predicted molar refractivity (Wildman–Crippen MR) is 76.4 cm³/mol. The molecule has 0 unspecified atom stereocenters. The maximum absolute atomic E-state index is 6.28. The number of aromatic nitrogens is 4. The van der Waals surface area contributed by atoms with Crippen molar-refractivity contribution in [3.63, 3.8) is 0 Å². The Morgan fingerprint density at radius 3 is 2.89 bits per heavy atom. The van der Waals surface area contributed by atoms with Gasteiger partial charge in [-0.1, -0.05) is 24.6 Å². The van der Waals surface area contributed by atoms with Crippen LogP contribution in [-0.4, -0.2) is 26.8 Å². The normalized spacial score (nSPS) is 10.9. The van der Waals surface area contributed by atoms with Crippen LogP contribution in [0.1, 0.15) is 18.9 Å². The molecule has 0 atom stereocenters. The molecule has 7 heteroatoms. The minimum Gasteiger partial charge on any atom is -0.313 e. The zero-order valence-corrected chi connectivity index (χ0v) is 12.5. The molecule has 2 aromatic rings. The van der Waals surface area contributed by atoms with Crippen molar-refractivity contribution in [3.8, 4) is 0 Å². The van der Waals surface area contributed by atoms with Gasteiger partial charge in [0.2, 0.25) is 5.16 Å². The first kappa shape index (κ1) is 14.3. The van der Waals surface area contributed by atoms with E-state index < -0.39 is 0 Å². The lowest BCUT2D eigenvalue weighted by atomic mass is 10.2. The van der Waals surface area contributed by atoms with Gasteiger partial charge in [-0.2, -0.15) is 0 Å². The summed E-state index contributed by atoms with van der Waals surface area (Å²) in [4.78, 5) is 1.03. The topological polar surface area (TPSA) is 55.6 Å². The van der Waals surface area contributed by atoms with Crippen LogP contribution in [-0.2, 0) is 13.6 Å². The van der Waals surface area contributed by atoms with Gasteiger partial charge in [-0.3, -0.25) is 0 Å². The first-order valence-electron chi connectivity index (χ1n) is 6.10. The van der Waals surface area contributed by atoms with E-state index in [0.29, 0.717) is 0 Å². The summed E-state index contributed by atoms with van der Waals surface area (Å²) >= 11 is 7.77. The van der Waals surface area contributed by atoms with Crippen molar-refractivity contribution >= 4 is 23.4 Å². The van der Waals surface area contributed by atoms with Gasteiger partial charge in [-0.15, -0.1) is 5.10 Å². The van der Waals surface area contributed by atoms with Crippen LogP contribution in [0.15, 0.2) is 28.3 Å². The Balaban J connectivity index is 2.04. The zero-order valence-electron chi connectivity index (χ0n) is 10.9. The highest BCUT2D eigenvalue weighted by Gasteiger charge is 2.07. The third kappa shape index (κ3) is 3.92. The lowest BCUT2D eigenvalue weighted by Gasteiger charge is -2.07. The average Bonchev–Trinajstić information content (AvgIpc) is 2.78. The summed E-state index contributed by atoms with van der Waals surface area (Å²) in [6.07, 6.45) is 1.12. The molecular formula is C12H16ClN5S. The van der Waals surface area contributed by atoms with E-state index in [0.717, 1.165) is 40.1 Å². The van der Waals surface area contributed by atoms with Gasteiger partial charge in [0.15, 0.2) is 0 Å². The molecule has 1 N–H and O–H groups in total. The molecule has 0 radical (unpaired) electrons. The average molecular weight is 298 g/mol. The molecule has 0 spiro atoms. The second kappa shape index (κ2) is 6.88. The van der Waals surface area contributed by atoms with Gasteiger partial charge in [0.25, 0.3) is 0 Å². The van der Waals surface area contributed by atoms with Crippen LogP contribution >= 0.6 is 23.4 Å². The van der Waals surface area contributed by atoms with E-state index in [2.05, 4.69) is 27.8 Å². The van der Waals surface area contributed by atoms with Crippen molar-refractivity contribution in [2.75, 3.05) is 6.54 Å². The highest BCUT2D eigenvalue weighted by molar-refractivity contribution is 7.99. The summed E-state index contributed by atoms with van der Waals surface area (Å²) in [5.41, 5.74) is 1.11. The number of nitrogens with one attached hydrogen (secondary N) is 1. The third-order valence-corrected chi connectivity index (χ3v) is 3.93. The van der Waals surface area contributed by atoms with E-state index in [-0.39, 0.29) is 0 Å². The van der Waals surface area contributed by atoms with Crippen molar-refractivity contribution in [2.45, 2.75) is 29.9 Å². The Hall–Kier alpha value is -1.11. The minimum atomic E-state index is 0.743. The van der Waals surface area contributed by atoms with Gasteiger partial charge in [-0.25, -0.2) is 4.68 Å². The van der Waals surface area contributed by atoms with Gasteiger partial charge in [-0.05, 0) is 52.9 Å². The van der Waals surface area contributed by atoms with Gasteiger partial charge < -0.3 is 5.32 Å². The number of halogens is 1. The number of benzene rings is 1. The first-order valence-corrected chi connectivity index (χ1v) is 7.29. The molecule has 2 rings (SSSR count). The number of aryl methyl sites for hydroxylation is 1. The van der Waals surface area contributed by atoms with Crippen molar-refractivity contribution in [3.05, 3.63) is 28.8 Å². The first-order chi connectivity index (χ1) is 9.20. The second-order valence-electron chi connectivity index (χ2n) is 4.12. The molecule has 0 aliphatic heterocycles. The van der Waals surface area contributed by atoms with Crippen LogP contribution in [0.25, 0.3) is 0 Å². The van der Waals surface area contributed by atoms with Gasteiger partial charge in [0.1, 0.15) is 0 Å². The summed E-state index contributed by atoms with van der Waals surface area (Å²) in [6.45, 7) is 3.93. The zero-order chi connectivity index (χ0) is 13.7. The predicted octanol–water partition coefficient (Wildman–Crippen LogP) is 2.51. The summed E-state index contributed by atoms with van der Waals surface area (Å²) < 4.78 is 1.63. The second-order valence-corrected chi connectivity index (χ2v) is 5.56. The van der Waals surface area contributed by atoms with Crippen LogP contribution in [0.4, 0.5) is 0 Å². The Kier molecular flexibility index (Phi) is 5.18. The van der Waals surface area contributed by atoms with E-state index in [9.17, 15) is 0 Å². The molecule has 0 aliphatic carbocycles. The van der Waals surface area contributed by atoms with Crippen LogP contribution in [0.5, 0.6) is 0 Å². The molecule has 0 aliphatic rings. The fourth-order valence-corrected chi connectivity index (χ4v) is 2.63.